The Labute approximate surface area is 50.4 Å². The highest BCUT2D eigenvalue weighted by atomic mass is 16.1. The molecule has 1 heteroatoms. The number of ketones is 1. The summed E-state index contributed by atoms with van der Waals surface area (Å²) in [5, 5.41) is 0. The maximum atomic E-state index is 10.3. The molecular formula is C7H12O. The molecule has 46 valence electrons. The lowest BCUT2D eigenvalue weighted by Gasteiger charge is -1.80. The molecule has 0 spiro atoms. The average molecular weight is 112 g/mol. The van der Waals surface area contributed by atoms with Crippen LogP contribution in [-0.2, 0) is 4.79 Å². The summed E-state index contributed by atoms with van der Waals surface area (Å²) in [5.41, 5.74) is 0. The zero-order valence-electron chi connectivity index (χ0n) is 5.48. The van der Waals surface area contributed by atoms with E-state index in [1.165, 1.54) is 0 Å². The van der Waals surface area contributed by atoms with Gasteiger partial charge < -0.3 is 0 Å². The van der Waals surface area contributed by atoms with E-state index < -0.39 is 0 Å². The Kier molecular flexibility index (Phi) is 4.23. The number of hydrogen-bond acceptors (Lipinski definition) is 1. The molecule has 0 bridgehead atoms. The highest BCUT2D eigenvalue weighted by Gasteiger charge is 1.82. The van der Waals surface area contributed by atoms with Crippen LogP contribution in [0.3, 0.4) is 0 Å². The largest absolute Gasteiger partial charge is 0.300 e. The van der Waals surface area contributed by atoms with Gasteiger partial charge in [0.25, 0.3) is 0 Å². The van der Waals surface area contributed by atoms with Crippen molar-refractivity contribution in [3.8, 4) is 0 Å². The second-order valence-corrected chi connectivity index (χ2v) is 1.79. The molecule has 0 aliphatic carbocycles. The van der Waals surface area contributed by atoms with Crippen molar-refractivity contribution < 1.29 is 4.79 Å². The molecule has 0 radical (unpaired) electrons. The highest BCUT2D eigenvalue weighted by Crippen LogP contribution is 1.85. The van der Waals surface area contributed by atoms with Crippen LogP contribution in [-0.4, -0.2) is 5.78 Å². The molecular weight excluding hydrogens is 100 g/mol. The minimum absolute atomic E-state index is 0.231. The van der Waals surface area contributed by atoms with Crippen molar-refractivity contribution in [3.63, 3.8) is 0 Å². The lowest BCUT2D eigenvalue weighted by atomic mass is 10.3. The predicted octanol–water partition coefficient (Wildman–Crippen LogP) is 1.93. The summed E-state index contributed by atoms with van der Waals surface area (Å²) in [5.74, 6) is 0.231. The first kappa shape index (κ1) is 7.41. The molecule has 0 aromatic carbocycles. The third kappa shape index (κ3) is 5.41. The minimum Gasteiger partial charge on any atom is -0.300 e. The molecule has 0 amide bonds. The van der Waals surface area contributed by atoms with E-state index in [1.54, 1.807) is 6.92 Å². The lowest BCUT2D eigenvalue weighted by molar-refractivity contribution is -0.116. The Bertz CT molecular complexity index is 92.6. The lowest BCUT2D eigenvalue weighted by Crippen LogP contribution is -1.83. The highest BCUT2D eigenvalue weighted by molar-refractivity contribution is 5.76. The van der Waals surface area contributed by atoms with Gasteiger partial charge in [-0.15, -0.1) is 0 Å². The van der Waals surface area contributed by atoms with Crippen LogP contribution in [0.2, 0.25) is 0 Å². The van der Waals surface area contributed by atoms with Gasteiger partial charge in [-0.05, 0) is 13.3 Å². The zero-order valence-corrected chi connectivity index (χ0v) is 5.48. The van der Waals surface area contributed by atoms with Crippen LogP contribution in [0.1, 0.15) is 26.7 Å². The van der Waals surface area contributed by atoms with Crippen molar-refractivity contribution in [2.24, 2.45) is 0 Å². The van der Waals surface area contributed by atoms with E-state index in [9.17, 15) is 4.79 Å². The molecule has 1 nitrogen and oxygen atoms in total. The zero-order chi connectivity index (χ0) is 6.41. The number of carbonyl (C=O) groups is 1. The van der Waals surface area contributed by atoms with Gasteiger partial charge in [-0.1, -0.05) is 19.1 Å². The van der Waals surface area contributed by atoms with Gasteiger partial charge in [-0.25, -0.2) is 0 Å². The second-order valence-electron chi connectivity index (χ2n) is 1.79. The van der Waals surface area contributed by atoms with Crippen LogP contribution < -0.4 is 0 Å². The molecule has 0 N–H and O–H groups in total. The Morgan fingerprint density at radius 2 is 2.12 bits per heavy atom. The molecule has 0 rings (SSSR count). The molecule has 0 aromatic heterocycles. The molecule has 0 saturated heterocycles. The Hall–Kier alpha value is -0.590. The van der Waals surface area contributed by atoms with Crippen LogP contribution in [0.4, 0.5) is 0 Å². The van der Waals surface area contributed by atoms with Gasteiger partial charge in [0.1, 0.15) is 5.78 Å². The Morgan fingerprint density at radius 1 is 1.50 bits per heavy atom. The number of Topliss-reactive ketones (excluding diaryl/α,β-unsaturated/α-hetero) is 1. The number of hydrogen-bond donors (Lipinski definition) is 0. The Morgan fingerprint density at radius 3 is 2.50 bits per heavy atom. The maximum absolute atomic E-state index is 10.3. The first-order valence-electron chi connectivity index (χ1n) is 2.91. The number of rotatable bonds is 3. The van der Waals surface area contributed by atoms with E-state index >= 15 is 0 Å². The van der Waals surface area contributed by atoms with Crippen molar-refractivity contribution in [1.82, 2.24) is 0 Å². The van der Waals surface area contributed by atoms with E-state index in [1.807, 2.05) is 12.2 Å². The summed E-state index contributed by atoms with van der Waals surface area (Å²) in [6, 6.07) is 0. The van der Waals surface area contributed by atoms with E-state index in [2.05, 4.69) is 6.92 Å². The van der Waals surface area contributed by atoms with Crippen molar-refractivity contribution >= 4 is 5.78 Å². The van der Waals surface area contributed by atoms with Crippen LogP contribution >= 0.6 is 0 Å². The monoisotopic (exact) mass is 112 g/mol. The summed E-state index contributed by atoms with van der Waals surface area (Å²) >= 11 is 0. The summed E-state index contributed by atoms with van der Waals surface area (Å²) < 4.78 is 0. The maximum Gasteiger partial charge on any atom is 0.133 e. The van der Waals surface area contributed by atoms with Gasteiger partial charge in [0.2, 0.25) is 0 Å². The van der Waals surface area contributed by atoms with Gasteiger partial charge in [-0.2, -0.15) is 0 Å². The quantitative estimate of drug-likeness (QED) is 0.510. The summed E-state index contributed by atoms with van der Waals surface area (Å²) in [6.45, 7) is 3.65. The number of allylic oxidation sites excluding steroid dienone is 2. The van der Waals surface area contributed by atoms with Gasteiger partial charge >= 0.3 is 0 Å². The molecule has 0 unspecified atom stereocenters. The van der Waals surface area contributed by atoms with Crippen LogP contribution in [0.25, 0.3) is 0 Å². The molecule has 0 aliphatic heterocycles. The summed E-state index contributed by atoms with van der Waals surface area (Å²) in [4.78, 5) is 10.3. The van der Waals surface area contributed by atoms with Crippen LogP contribution in [0, 0.1) is 0 Å². The van der Waals surface area contributed by atoms with Crippen LogP contribution in [0.15, 0.2) is 12.2 Å². The fourth-order valence-electron chi connectivity index (χ4n) is 0.416. The van der Waals surface area contributed by atoms with Gasteiger partial charge in [0.05, 0.1) is 0 Å². The Balaban J connectivity index is 3.16. The van der Waals surface area contributed by atoms with E-state index in [4.69, 9.17) is 0 Å². The van der Waals surface area contributed by atoms with Crippen molar-refractivity contribution in [1.29, 1.82) is 0 Å². The van der Waals surface area contributed by atoms with Crippen molar-refractivity contribution in [2.75, 3.05) is 0 Å². The molecule has 0 fully saturated rings. The number of carbonyl (C=O) groups excluding carboxylic acids is 1. The smallest absolute Gasteiger partial charge is 0.133 e. The first-order valence-corrected chi connectivity index (χ1v) is 2.91. The fraction of sp³-hybridized carbons (Fsp3) is 0.571. The normalized spacial score (nSPS) is 10.2. The van der Waals surface area contributed by atoms with E-state index in [0.717, 1.165) is 6.42 Å². The van der Waals surface area contributed by atoms with Gasteiger partial charge in [-0.3, -0.25) is 4.79 Å². The summed E-state index contributed by atoms with van der Waals surface area (Å²) in [6.07, 6.45) is 5.52. The molecule has 0 aromatic rings. The fourth-order valence-corrected chi connectivity index (χ4v) is 0.416. The predicted molar refractivity (Wildman–Crippen MR) is 34.7 cm³/mol. The SMILES string of the molecule is CCC=CCC(C)=O. The average Bonchev–Trinajstić information content (AvgIpc) is 1.66. The van der Waals surface area contributed by atoms with Crippen molar-refractivity contribution in [3.05, 3.63) is 12.2 Å². The molecule has 8 heavy (non-hydrogen) atoms. The van der Waals surface area contributed by atoms with Gasteiger partial charge in [0.15, 0.2) is 0 Å². The standard InChI is InChI=1S/C7H12O/c1-3-4-5-6-7(2)8/h4-5H,3,6H2,1-2H3. The minimum atomic E-state index is 0.231. The molecule has 0 atom stereocenters. The second kappa shape index (κ2) is 4.57. The molecule has 0 heterocycles. The topological polar surface area (TPSA) is 17.1 Å². The van der Waals surface area contributed by atoms with Crippen molar-refractivity contribution in [2.45, 2.75) is 26.7 Å². The van der Waals surface area contributed by atoms with Gasteiger partial charge in [0, 0.05) is 6.42 Å². The third-order valence-electron chi connectivity index (χ3n) is 0.808. The first-order chi connectivity index (χ1) is 3.77. The molecule has 0 aliphatic rings. The van der Waals surface area contributed by atoms with Crippen LogP contribution in [0.5, 0.6) is 0 Å². The summed E-state index contributed by atoms with van der Waals surface area (Å²) in [7, 11) is 0. The van der Waals surface area contributed by atoms with E-state index in [-0.39, 0.29) is 5.78 Å². The van der Waals surface area contributed by atoms with E-state index in [0.29, 0.717) is 6.42 Å². The molecule has 0 saturated carbocycles. The third-order valence-corrected chi connectivity index (χ3v) is 0.808.